The summed E-state index contributed by atoms with van der Waals surface area (Å²) in [6, 6.07) is 2.41. The van der Waals surface area contributed by atoms with Crippen LogP contribution in [0.3, 0.4) is 0 Å². The monoisotopic (exact) mass is 212 g/mol. The molecule has 1 unspecified atom stereocenters. The SMILES string of the molecule is N#CC1(CN2CCCS(=O)CC2)CC1. The van der Waals surface area contributed by atoms with Gasteiger partial charge in [-0.2, -0.15) is 5.26 Å². The summed E-state index contributed by atoms with van der Waals surface area (Å²) in [6.07, 6.45) is 3.14. The van der Waals surface area contributed by atoms with Gasteiger partial charge in [-0.3, -0.25) is 4.21 Å². The Hall–Kier alpha value is -0.400. The standard InChI is InChI=1S/C10H16N2OS/c11-8-10(2-3-10)9-12-4-1-6-14(13)7-5-12/h1-7,9H2. The second-order valence-electron chi connectivity index (χ2n) is 4.37. The fraction of sp³-hybridized carbons (Fsp3) is 0.900. The topological polar surface area (TPSA) is 44.1 Å². The molecule has 1 heterocycles. The van der Waals surface area contributed by atoms with Gasteiger partial charge in [0, 0.05) is 35.4 Å². The zero-order valence-electron chi connectivity index (χ0n) is 8.37. The molecule has 0 bridgehead atoms. The molecule has 1 aliphatic heterocycles. The number of nitrogens with zero attached hydrogens (tertiary/aromatic N) is 2. The van der Waals surface area contributed by atoms with Gasteiger partial charge in [0.2, 0.25) is 0 Å². The van der Waals surface area contributed by atoms with Crippen molar-refractivity contribution in [3.8, 4) is 6.07 Å². The second kappa shape index (κ2) is 4.00. The molecule has 0 amide bonds. The van der Waals surface area contributed by atoms with Crippen LogP contribution in [-0.2, 0) is 10.8 Å². The van der Waals surface area contributed by atoms with Gasteiger partial charge in [0.15, 0.2) is 0 Å². The Morgan fingerprint density at radius 2 is 2.14 bits per heavy atom. The fourth-order valence-corrected chi connectivity index (χ4v) is 3.05. The van der Waals surface area contributed by atoms with Gasteiger partial charge in [0.25, 0.3) is 0 Å². The van der Waals surface area contributed by atoms with Crippen LogP contribution in [0, 0.1) is 16.7 Å². The van der Waals surface area contributed by atoms with Gasteiger partial charge in [-0.25, -0.2) is 0 Å². The highest BCUT2D eigenvalue weighted by Gasteiger charge is 2.44. The van der Waals surface area contributed by atoms with Gasteiger partial charge in [0.1, 0.15) is 0 Å². The average Bonchev–Trinajstić information content (AvgIpc) is 2.95. The van der Waals surface area contributed by atoms with Crippen molar-refractivity contribution in [3.05, 3.63) is 0 Å². The van der Waals surface area contributed by atoms with Crippen LogP contribution in [0.4, 0.5) is 0 Å². The summed E-state index contributed by atoms with van der Waals surface area (Å²) in [4.78, 5) is 2.32. The lowest BCUT2D eigenvalue weighted by Crippen LogP contribution is -2.32. The maximum Gasteiger partial charge on any atom is 0.0703 e. The minimum Gasteiger partial charge on any atom is -0.301 e. The summed E-state index contributed by atoms with van der Waals surface area (Å²) in [6.45, 7) is 2.84. The molecule has 2 fully saturated rings. The van der Waals surface area contributed by atoms with Crippen LogP contribution in [-0.4, -0.2) is 40.2 Å². The first-order valence-electron chi connectivity index (χ1n) is 5.23. The Morgan fingerprint density at radius 1 is 1.36 bits per heavy atom. The van der Waals surface area contributed by atoms with Crippen molar-refractivity contribution in [2.24, 2.45) is 5.41 Å². The van der Waals surface area contributed by atoms with Gasteiger partial charge in [-0.1, -0.05) is 0 Å². The highest BCUT2D eigenvalue weighted by atomic mass is 32.2. The summed E-state index contributed by atoms with van der Waals surface area (Å²) in [5.41, 5.74) is -0.0359. The molecular weight excluding hydrogens is 196 g/mol. The Kier molecular flexibility index (Phi) is 2.89. The Morgan fingerprint density at radius 3 is 2.79 bits per heavy atom. The number of rotatable bonds is 2. The summed E-state index contributed by atoms with van der Waals surface area (Å²) < 4.78 is 11.3. The quantitative estimate of drug-likeness (QED) is 0.678. The van der Waals surface area contributed by atoms with Gasteiger partial charge in [-0.15, -0.1) is 0 Å². The van der Waals surface area contributed by atoms with E-state index in [1.807, 2.05) is 0 Å². The molecule has 0 aromatic carbocycles. The lowest BCUT2D eigenvalue weighted by molar-refractivity contribution is 0.261. The van der Waals surface area contributed by atoms with Crippen LogP contribution in [0.1, 0.15) is 19.3 Å². The summed E-state index contributed by atoms with van der Waals surface area (Å²) >= 11 is 0. The summed E-state index contributed by atoms with van der Waals surface area (Å²) in [5.74, 6) is 1.64. The molecule has 1 atom stereocenters. The fourth-order valence-electron chi connectivity index (χ4n) is 1.94. The van der Waals surface area contributed by atoms with Crippen molar-refractivity contribution >= 4 is 10.8 Å². The molecule has 14 heavy (non-hydrogen) atoms. The third kappa shape index (κ3) is 2.34. The van der Waals surface area contributed by atoms with Crippen LogP contribution in [0.5, 0.6) is 0 Å². The van der Waals surface area contributed by atoms with Crippen molar-refractivity contribution in [3.63, 3.8) is 0 Å². The first-order valence-corrected chi connectivity index (χ1v) is 6.72. The van der Waals surface area contributed by atoms with E-state index in [1.165, 1.54) is 0 Å². The first kappa shape index (κ1) is 10.1. The minimum absolute atomic E-state index is 0.0359. The average molecular weight is 212 g/mol. The van der Waals surface area contributed by atoms with Crippen molar-refractivity contribution in [1.82, 2.24) is 4.90 Å². The van der Waals surface area contributed by atoms with Gasteiger partial charge >= 0.3 is 0 Å². The van der Waals surface area contributed by atoms with Crippen molar-refractivity contribution in [1.29, 1.82) is 5.26 Å². The lowest BCUT2D eigenvalue weighted by atomic mass is 10.1. The van der Waals surface area contributed by atoms with Crippen LogP contribution < -0.4 is 0 Å². The van der Waals surface area contributed by atoms with Crippen LogP contribution in [0.15, 0.2) is 0 Å². The largest absolute Gasteiger partial charge is 0.301 e. The molecule has 78 valence electrons. The van der Waals surface area contributed by atoms with E-state index in [1.54, 1.807) is 0 Å². The number of nitriles is 1. The molecule has 1 saturated heterocycles. The number of hydrogen-bond donors (Lipinski definition) is 0. The second-order valence-corrected chi connectivity index (χ2v) is 6.07. The molecule has 0 aromatic heterocycles. The molecule has 3 nitrogen and oxygen atoms in total. The Balaban J connectivity index is 1.86. The van der Waals surface area contributed by atoms with E-state index in [4.69, 9.17) is 5.26 Å². The predicted molar refractivity (Wildman–Crippen MR) is 56.2 cm³/mol. The summed E-state index contributed by atoms with van der Waals surface area (Å²) in [5, 5.41) is 8.97. The van der Waals surface area contributed by atoms with E-state index in [2.05, 4.69) is 11.0 Å². The van der Waals surface area contributed by atoms with Crippen LogP contribution in [0.2, 0.25) is 0 Å². The summed E-state index contributed by atoms with van der Waals surface area (Å²) in [7, 11) is -0.613. The first-order chi connectivity index (χ1) is 6.74. The molecule has 0 spiro atoms. The predicted octanol–water partition coefficient (Wildman–Crippen LogP) is 0.745. The normalized spacial score (nSPS) is 31.8. The molecule has 2 aliphatic rings. The smallest absolute Gasteiger partial charge is 0.0703 e. The van der Waals surface area contributed by atoms with Crippen molar-refractivity contribution in [2.45, 2.75) is 19.3 Å². The zero-order valence-corrected chi connectivity index (χ0v) is 9.18. The lowest BCUT2D eigenvalue weighted by Gasteiger charge is -2.21. The Labute approximate surface area is 87.5 Å². The van der Waals surface area contributed by atoms with E-state index in [-0.39, 0.29) is 5.41 Å². The molecular formula is C10H16N2OS. The molecule has 2 rings (SSSR count). The van der Waals surface area contributed by atoms with E-state index in [0.29, 0.717) is 0 Å². The molecule has 4 heteroatoms. The van der Waals surface area contributed by atoms with E-state index in [0.717, 1.165) is 50.4 Å². The van der Waals surface area contributed by atoms with E-state index >= 15 is 0 Å². The van der Waals surface area contributed by atoms with Gasteiger partial charge in [0.05, 0.1) is 11.5 Å². The van der Waals surface area contributed by atoms with Crippen molar-refractivity contribution < 1.29 is 4.21 Å². The third-order valence-corrected chi connectivity index (χ3v) is 4.48. The maximum atomic E-state index is 11.3. The van der Waals surface area contributed by atoms with Crippen molar-refractivity contribution in [2.75, 3.05) is 31.1 Å². The minimum atomic E-state index is -0.613. The van der Waals surface area contributed by atoms with E-state index in [9.17, 15) is 4.21 Å². The van der Waals surface area contributed by atoms with Crippen LogP contribution in [0.25, 0.3) is 0 Å². The molecule has 0 radical (unpaired) electrons. The molecule has 0 N–H and O–H groups in total. The highest BCUT2D eigenvalue weighted by molar-refractivity contribution is 7.85. The highest BCUT2D eigenvalue weighted by Crippen LogP contribution is 2.45. The van der Waals surface area contributed by atoms with Gasteiger partial charge in [-0.05, 0) is 25.8 Å². The van der Waals surface area contributed by atoms with Crippen LogP contribution >= 0.6 is 0 Å². The van der Waals surface area contributed by atoms with Gasteiger partial charge < -0.3 is 4.90 Å². The third-order valence-electron chi connectivity index (χ3n) is 3.10. The molecule has 0 aromatic rings. The zero-order chi connectivity index (χ0) is 10.0. The Bertz CT molecular complexity index is 280. The molecule has 1 saturated carbocycles. The van der Waals surface area contributed by atoms with E-state index < -0.39 is 10.8 Å². The molecule has 1 aliphatic carbocycles. The number of hydrogen-bond acceptors (Lipinski definition) is 3. The maximum absolute atomic E-state index is 11.3.